The van der Waals surface area contributed by atoms with Gasteiger partial charge in [-0.25, -0.2) is 0 Å². The molecule has 0 fully saturated rings. The Morgan fingerprint density at radius 1 is 1.39 bits per heavy atom. The fourth-order valence-corrected chi connectivity index (χ4v) is 1.72. The first-order chi connectivity index (χ1) is 8.54. The molecule has 0 bridgehead atoms. The van der Waals surface area contributed by atoms with Crippen LogP contribution >= 0.6 is 0 Å². The summed E-state index contributed by atoms with van der Waals surface area (Å²) in [6, 6.07) is 8.36. The van der Waals surface area contributed by atoms with Gasteiger partial charge in [0, 0.05) is 12.2 Å². The molecule has 3 nitrogen and oxygen atoms in total. The molecule has 0 aliphatic rings. The molecule has 0 aliphatic carbocycles. The Morgan fingerprint density at radius 3 is 2.67 bits per heavy atom. The standard InChI is InChI=1S/C15H23NO2/c1-5-16(9-10-18-15(17)12(2)3)14-8-6-7-13(4)11-14/h6-8,11-12H,5,9-10H2,1-4H3. The Kier molecular flexibility index (Phi) is 5.69. The molecule has 0 atom stereocenters. The van der Waals surface area contributed by atoms with Crippen molar-refractivity contribution in [2.75, 3.05) is 24.6 Å². The highest BCUT2D eigenvalue weighted by Crippen LogP contribution is 2.15. The third kappa shape index (κ3) is 4.40. The molecule has 1 rings (SSSR count). The average Bonchev–Trinajstić information content (AvgIpc) is 2.34. The second-order valence-corrected chi connectivity index (χ2v) is 4.74. The fourth-order valence-electron chi connectivity index (χ4n) is 1.72. The number of hydrogen-bond acceptors (Lipinski definition) is 3. The van der Waals surface area contributed by atoms with Crippen molar-refractivity contribution < 1.29 is 9.53 Å². The number of likely N-dealkylation sites (N-methyl/N-ethyl adjacent to an activating group) is 1. The summed E-state index contributed by atoms with van der Waals surface area (Å²) in [7, 11) is 0. The average molecular weight is 249 g/mol. The van der Waals surface area contributed by atoms with Crippen LogP contribution in [0.5, 0.6) is 0 Å². The second kappa shape index (κ2) is 7.04. The molecular weight excluding hydrogens is 226 g/mol. The zero-order valence-corrected chi connectivity index (χ0v) is 11.8. The second-order valence-electron chi connectivity index (χ2n) is 4.74. The first-order valence-corrected chi connectivity index (χ1v) is 6.52. The SMILES string of the molecule is CCN(CCOC(=O)C(C)C)c1cccc(C)c1. The van der Waals surface area contributed by atoms with E-state index in [-0.39, 0.29) is 11.9 Å². The Bertz CT molecular complexity index is 388. The van der Waals surface area contributed by atoms with Crippen molar-refractivity contribution in [1.82, 2.24) is 0 Å². The molecule has 0 amide bonds. The maximum Gasteiger partial charge on any atom is 0.308 e. The summed E-state index contributed by atoms with van der Waals surface area (Å²) in [5.41, 5.74) is 2.42. The van der Waals surface area contributed by atoms with Gasteiger partial charge in [0.05, 0.1) is 12.5 Å². The molecule has 1 aromatic rings. The van der Waals surface area contributed by atoms with Gasteiger partial charge in [-0.1, -0.05) is 26.0 Å². The van der Waals surface area contributed by atoms with E-state index in [1.165, 1.54) is 11.3 Å². The van der Waals surface area contributed by atoms with Crippen molar-refractivity contribution in [2.45, 2.75) is 27.7 Å². The van der Waals surface area contributed by atoms with Crippen LogP contribution in [-0.2, 0) is 9.53 Å². The number of rotatable bonds is 6. The van der Waals surface area contributed by atoms with Crippen LogP contribution in [0.25, 0.3) is 0 Å². The van der Waals surface area contributed by atoms with Crippen LogP contribution in [0.3, 0.4) is 0 Å². The molecule has 18 heavy (non-hydrogen) atoms. The number of carbonyl (C=O) groups is 1. The van der Waals surface area contributed by atoms with Crippen LogP contribution in [0, 0.1) is 12.8 Å². The van der Waals surface area contributed by atoms with Gasteiger partial charge in [0.15, 0.2) is 0 Å². The van der Waals surface area contributed by atoms with Crippen molar-refractivity contribution in [1.29, 1.82) is 0 Å². The van der Waals surface area contributed by atoms with Gasteiger partial charge in [0.25, 0.3) is 0 Å². The molecule has 0 saturated carbocycles. The van der Waals surface area contributed by atoms with E-state index in [0.717, 1.165) is 13.1 Å². The van der Waals surface area contributed by atoms with Crippen LogP contribution in [0.2, 0.25) is 0 Å². The molecule has 0 radical (unpaired) electrons. The number of hydrogen-bond donors (Lipinski definition) is 0. The van der Waals surface area contributed by atoms with E-state index >= 15 is 0 Å². The van der Waals surface area contributed by atoms with Gasteiger partial charge in [-0.2, -0.15) is 0 Å². The number of anilines is 1. The third-order valence-electron chi connectivity index (χ3n) is 2.83. The molecule has 0 saturated heterocycles. The molecule has 0 aliphatic heterocycles. The minimum absolute atomic E-state index is 0.0564. The first kappa shape index (κ1) is 14.6. The van der Waals surface area contributed by atoms with E-state index in [9.17, 15) is 4.79 Å². The van der Waals surface area contributed by atoms with E-state index in [1.807, 2.05) is 19.9 Å². The summed E-state index contributed by atoms with van der Waals surface area (Å²) >= 11 is 0. The quantitative estimate of drug-likeness (QED) is 0.726. The van der Waals surface area contributed by atoms with E-state index in [1.54, 1.807) is 0 Å². The van der Waals surface area contributed by atoms with Gasteiger partial charge in [-0.15, -0.1) is 0 Å². The van der Waals surface area contributed by atoms with E-state index in [4.69, 9.17) is 4.74 Å². The lowest BCUT2D eigenvalue weighted by Crippen LogP contribution is -2.28. The van der Waals surface area contributed by atoms with E-state index in [2.05, 4.69) is 36.9 Å². The molecule has 0 N–H and O–H groups in total. The van der Waals surface area contributed by atoms with Gasteiger partial charge in [-0.05, 0) is 31.5 Å². The Balaban J connectivity index is 2.50. The molecule has 3 heteroatoms. The summed E-state index contributed by atoms with van der Waals surface area (Å²) < 4.78 is 5.21. The van der Waals surface area contributed by atoms with Crippen molar-refractivity contribution >= 4 is 11.7 Å². The lowest BCUT2D eigenvalue weighted by molar-refractivity contribution is -0.146. The molecule has 1 aromatic carbocycles. The van der Waals surface area contributed by atoms with Gasteiger partial charge in [0.1, 0.15) is 6.61 Å². The lowest BCUT2D eigenvalue weighted by atomic mass is 10.2. The zero-order chi connectivity index (χ0) is 13.5. The van der Waals surface area contributed by atoms with Gasteiger partial charge in [-0.3, -0.25) is 4.79 Å². The fraction of sp³-hybridized carbons (Fsp3) is 0.533. The maximum absolute atomic E-state index is 11.4. The lowest BCUT2D eigenvalue weighted by Gasteiger charge is -2.23. The van der Waals surface area contributed by atoms with Crippen LogP contribution < -0.4 is 4.90 Å². The van der Waals surface area contributed by atoms with E-state index in [0.29, 0.717) is 6.61 Å². The van der Waals surface area contributed by atoms with Crippen molar-refractivity contribution in [3.05, 3.63) is 29.8 Å². The predicted octanol–water partition coefficient (Wildman–Crippen LogP) is 3.02. The molecule has 0 aromatic heterocycles. The van der Waals surface area contributed by atoms with Gasteiger partial charge >= 0.3 is 5.97 Å². The summed E-state index contributed by atoms with van der Waals surface area (Å²) in [5, 5.41) is 0. The normalized spacial score (nSPS) is 10.5. The van der Waals surface area contributed by atoms with Crippen LogP contribution in [0.4, 0.5) is 5.69 Å². The molecule has 100 valence electrons. The number of carbonyl (C=O) groups excluding carboxylic acids is 1. The molecule has 0 heterocycles. The highest BCUT2D eigenvalue weighted by Gasteiger charge is 2.09. The first-order valence-electron chi connectivity index (χ1n) is 6.52. The monoisotopic (exact) mass is 249 g/mol. The van der Waals surface area contributed by atoms with Crippen molar-refractivity contribution in [3.8, 4) is 0 Å². The number of benzene rings is 1. The number of aryl methyl sites for hydroxylation is 1. The van der Waals surface area contributed by atoms with Gasteiger partial charge in [0.2, 0.25) is 0 Å². The third-order valence-corrected chi connectivity index (χ3v) is 2.83. The zero-order valence-electron chi connectivity index (χ0n) is 11.8. The van der Waals surface area contributed by atoms with Crippen LogP contribution in [-0.4, -0.2) is 25.7 Å². The Morgan fingerprint density at radius 2 is 2.11 bits per heavy atom. The van der Waals surface area contributed by atoms with Crippen molar-refractivity contribution in [3.63, 3.8) is 0 Å². The Hall–Kier alpha value is -1.51. The van der Waals surface area contributed by atoms with Crippen LogP contribution in [0.1, 0.15) is 26.3 Å². The summed E-state index contributed by atoms with van der Waals surface area (Å²) in [6.07, 6.45) is 0. The highest BCUT2D eigenvalue weighted by molar-refractivity contribution is 5.71. The maximum atomic E-state index is 11.4. The molecule has 0 spiro atoms. The summed E-state index contributed by atoms with van der Waals surface area (Å²) in [6.45, 7) is 9.96. The highest BCUT2D eigenvalue weighted by atomic mass is 16.5. The number of nitrogens with zero attached hydrogens (tertiary/aromatic N) is 1. The minimum Gasteiger partial charge on any atom is -0.464 e. The number of ether oxygens (including phenoxy) is 1. The summed E-state index contributed by atoms with van der Waals surface area (Å²) in [4.78, 5) is 13.6. The van der Waals surface area contributed by atoms with Crippen LogP contribution in [0.15, 0.2) is 24.3 Å². The smallest absolute Gasteiger partial charge is 0.308 e. The minimum atomic E-state index is -0.129. The Labute approximate surface area is 110 Å². The molecular formula is C15H23NO2. The topological polar surface area (TPSA) is 29.5 Å². The van der Waals surface area contributed by atoms with E-state index < -0.39 is 0 Å². The van der Waals surface area contributed by atoms with Gasteiger partial charge < -0.3 is 9.64 Å². The largest absolute Gasteiger partial charge is 0.464 e. The number of esters is 1. The van der Waals surface area contributed by atoms with Crippen molar-refractivity contribution in [2.24, 2.45) is 5.92 Å². The predicted molar refractivity (Wildman–Crippen MR) is 74.9 cm³/mol. The molecule has 0 unspecified atom stereocenters. The summed E-state index contributed by atoms with van der Waals surface area (Å²) in [5.74, 6) is -0.186.